The lowest BCUT2D eigenvalue weighted by molar-refractivity contribution is 0.186. The summed E-state index contributed by atoms with van der Waals surface area (Å²) >= 11 is 3.02. The lowest BCUT2D eigenvalue weighted by atomic mass is 10.1. The quantitative estimate of drug-likeness (QED) is 0.877. The fourth-order valence-corrected chi connectivity index (χ4v) is 1.95. The summed E-state index contributed by atoms with van der Waals surface area (Å²) in [6, 6.07) is 7.20. The van der Waals surface area contributed by atoms with E-state index < -0.39 is 23.6 Å². The molecule has 0 fully saturated rings. The van der Waals surface area contributed by atoms with Crippen LogP contribution in [0.25, 0.3) is 0 Å². The maximum atomic E-state index is 13.4. The molecule has 0 aromatic heterocycles. The first-order valence-corrected chi connectivity index (χ1v) is 6.58. The highest BCUT2D eigenvalue weighted by atomic mass is 79.9. The summed E-state index contributed by atoms with van der Waals surface area (Å²) in [5.74, 6) is -1.78. The topological polar surface area (TPSA) is 32.3 Å². The van der Waals surface area contributed by atoms with Crippen molar-refractivity contribution in [2.75, 3.05) is 11.9 Å². The van der Waals surface area contributed by atoms with Crippen LogP contribution in [0.1, 0.15) is 11.7 Å². The Kier molecular flexibility index (Phi) is 4.67. The van der Waals surface area contributed by atoms with Crippen LogP contribution in [0.2, 0.25) is 0 Å². The molecule has 2 aromatic carbocycles. The molecule has 1 atom stereocenters. The van der Waals surface area contributed by atoms with Gasteiger partial charge in [-0.1, -0.05) is 0 Å². The maximum absolute atomic E-state index is 13.4. The van der Waals surface area contributed by atoms with Gasteiger partial charge in [-0.3, -0.25) is 0 Å². The second-order valence-corrected chi connectivity index (χ2v) is 5.05. The van der Waals surface area contributed by atoms with Crippen molar-refractivity contribution in [1.29, 1.82) is 0 Å². The summed E-state index contributed by atoms with van der Waals surface area (Å²) in [4.78, 5) is 0. The predicted molar refractivity (Wildman–Crippen MR) is 73.9 cm³/mol. The van der Waals surface area contributed by atoms with Gasteiger partial charge in [0.15, 0.2) is 0 Å². The summed E-state index contributed by atoms with van der Waals surface area (Å²) in [6.07, 6.45) is -1.24. The summed E-state index contributed by atoms with van der Waals surface area (Å²) in [6.45, 7) is -0.0680. The molecular weight excluding hydrogens is 335 g/mol. The second-order valence-electron chi connectivity index (χ2n) is 4.19. The van der Waals surface area contributed by atoms with E-state index in [1.807, 2.05) is 0 Å². The van der Waals surface area contributed by atoms with Gasteiger partial charge in [0.1, 0.15) is 17.5 Å². The number of hydrogen-bond acceptors (Lipinski definition) is 2. The van der Waals surface area contributed by atoms with E-state index in [0.29, 0.717) is 10.2 Å². The van der Waals surface area contributed by atoms with Gasteiger partial charge in [0.2, 0.25) is 0 Å². The zero-order chi connectivity index (χ0) is 14.7. The van der Waals surface area contributed by atoms with E-state index in [-0.39, 0.29) is 12.1 Å². The van der Waals surface area contributed by atoms with Crippen molar-refractivity contribution in [2.24, 2.45) is 0 Å². The van der Waals surface area contributed by atoms with E-state index >= 15 is 0 Å². The normalized spacial score (nSPS) is 12.2. The highest BCUT2D eigenvalue weighted by Gasteiger charge is 2.14. The Balaban J connectivity index is 2.06. The molecule has 20 heavy (non-hydrogen) atoms. The smallest absolute Gasteiger partial charge is 0.139 e. The molecule has 2 nitrogen and oxygen atoms in total. The van der Waals surface area contributed by atoms with E-state index in [1.54, 1.807) is 6.07 Å². The number of halogens is 4. The first-order valence-electron chi connectivity index (χ1n) is 5.79. The highest BCUT2D eigenvalue weighted by Crippen LogP contribution is 2.22. The van der Waals surface area contributed by atoms with Crippen molar-refractivity contribution >= 4 is 21.6 Å². The molecule has 1 unspecified atom stereocenters. The average molecular weight is 346 g/mol. The third kappa shape index (κ3) is 3.52. The Morgan fingerprint density at radius 3 is 2.50 bits per heavy atom. The van der Waals surface area contributed by atoms with Crippen LogP contribution in [-0.4, -0.2) is 11.7 Å². The molecule has 0 amide bonds. The van der Waals surface area contributed by atoms with Crippen molar-refractivity contribution in [3.8, 4) is 0 Å². The Labute approximate surface area is 122 Å². The maximum Gasteiger partial charge on any atom is 0.139 e. The van der Waals surface area contributed by atoms with Gasteiger partial charge >= 0.3 is 0 Å². The Bertz CT molecular complexity index is 621. The standard InChI is InChI=1S/C14H11BrF3NO/c15-11-3-2-9(6-13(11)18)19-7-14(20)10-5-8(16)1-4-12(10)17/h1-6,14,19-20H,7H2. The van der Waals surface area contributed by atoms with Crippen LogP contribution >= 0.6 is 15.9 Å². The van der Waals surface area contributed by atoms with Gasteiger partial charge in [-0.15, -0.1) is 0 Å². The van der Waals surface area contributed by atoms with Gasteiger partial charge in [0, 0.05) is 17.8 Å². The molecule has 0 heterocycles. The third-order valence-electron chi connectivity index (χ3n) is 2.74. The van der Waals surface area contributed by atoms with E-state index in [2.05, 4.69) is 21.2 Å². The number of rotatable bonds is 4. The number of anilines is 1. The molecule has 2 rings (SSSR count). The average Bonchev–Trinajstić information content (AvgIpc) is 2.42. The van der Waals surface area contributed by atoms with Gasteiger partial charge in [-0.25, -0.2) is 13.2 Å². The van der Waals surface area contributed by atoms with Crippen LogP contribution in [0.4, 0.5) is 18.9 Å². The Morgan fingerprint density at radius 1 is 1.05 bits per heavy atom. The summed E-state index contributed by atoms with van der Waals surface area (Å²) in [7, 11) is 0. The monoisotopic (exact) mass is 345 g/mol. The van der Waals surface area contributed by atoms with E-state index in [1.165, 1.54) is 12.1 Å². The molecule has 0 aliphatic heterocycles. The fourth-order valence-electron chi connectivity index (χ4n) is 1.70. The van der Waals surface area contributed by atoms with Crippen molar-refractivity contribution in [3.05, 3.63) is 63.9 Å². The van der Waals surface area contributed by atoms with E-state index in [4.69, 9.17) is 0 Å². The Morgan fingerprint density at radius 2 is 1.80 bits per heavy atom. The van der Waals surface area contributed by atoms with Crippen LogP contribution in [0.5, 0.6) is 0 Å². The summed E-state index contributed by atoms with van der Waals surface area (Å²) in [5, 5.41) is 12.6. The molecule has 0 saturated carbocycles. The molecule has 2 aromatic rings. The van der Waals surface area contributed by atoms with E-state index in [9.17, 15) is 18.3 Å². The molecule has 0 spiro atoms. The zero-order valence-corrected chi connectivity index (χ0v) is 11.8. The van der Waals surface area contributed by atoms with Crippen LogP contribution in [0.15, 0.2) is 40.9 Å². The van der Waals surface area contributed by atoms with Crippen molar-refractivity contribution in [1.82, 2.24) is 0 Å². The van der Waals surface area contributed by atoms with Crippen molar-refractivity contribution in [2.45, 2.75) is 6.10 Å². The Hall–Kier alpha value is -1.53. The lowest BCUT2D eigenvalue weighted by Gasteiger charge is -2.14. The predicted octanol–water partition coefficient (Wildman–Crippen LogP) is 4.01. The van der Waals surface area contributed by atoms with Crippen molar-refractivity contribution in [3.63, 3.8) is 0 Å². The largest absolute Gasteiger partial charge is 0.386 e. The van der Waals surface area contributed by atoms with Gasteiger partial charge in [0.25, 0.3) is 0 Å². The minimum Gasteiger partial charge on any atom is -0.386 e. The highest BCUT2D eigenvalue weighted by molar-refractivity contribution is 9.10. The molecule has 2 N–H and O–H groups in total. The van der Waals surface area contributed by atoms with Gasteiger partial charge < -0.3 is 10.4 Å². The molecule has 0 saturated heterocycles. The second kappa shape index (κ2) is 6.28. The molecule has 106 valence electrons. The van der Waals surface area contributed by atoms with Crippen LogP contribution in [0.3, 0.4) is 0 Å². The first kappa shape index (κ1) is 14.9. The van der Waals surface area contributed by atoms with Crippen LogP contribution in [0, 0.1) is 17.5 Å². The fraction of sp³-hybridized carbons (Fsp3) is 0.143. The SMILES string of the molecule is OC(CNc1ccc(Br)c(F)c1)c1cc(F)ccc1F. The number of aliphatic hydroxyl groups is 1. The number of nitrogens with one attached hydrogen (secondary N) is 1. The third-order valence-corrected chi connectivity index (χ3v) is 3.38. The lowest BCUT2D eigenvalue weighted by Crippen LogP contribution is -2.13. The number of benzene rings is 2. The summed E-state index contributed by atoms with van der Waals surface area (Å²) < 4.78 is 40.1. The molecule has 0 aliphatic carbocycles. The molecule has 0 bridgehead atoms. The molecule has 6 heteroatoms. The minimum absolute atomic E-state index is 0.0680. The molecule has 0 aliphatic rings. The van der Waals surface area contributed by atoms with Gasteiger partial charge in [0.05, 0.1) is 10.6 Å². The number of aliphatic hydroxyl groups excluding tert-OH is 1. The van der Waals surface area contributed by atoms with E-state index in [0.717, 1.165) is 18.2 Å². The number of hydrogen-bond donors (Lipinski definition) is 2. The minimum atomic E-state index is -1.24. The van der Waals surface area contributed by atoms with Crippen molar-refractivity contribution < 1.29 is 18.3 Å². The van der Waals surface area contributed by atoms with Crippen LogP contribution in [-0.2, 0) is 0 Å². The molecular formula is C14H11BrF3NO. The van der Waals surface area contributed by atoms with Crippen LogP contribution < -0.4 is 5.32 Å². The molecule has 0 radical (unpaired) electrons. The first-order chi connectivity index (χ1) is 9.47. The summed E-state index contributed by atoms with van der Waals surface area (Å²) in [5.41, 5.74) is 0.289. The van der Waals surface area contributed by atoms with Gasteiger partial charge in [-0.2, -0.15) is 0 Å². The zero-order valence-electron chi connectivity index (χ0n) is 10.2. The van der Waals surface area contributed by atoms with Gasteiger partial charge in [-0.05, 0) is 52.3 Å².